The van der Waals surface area contributed by atoms with Crippen LogP contribution in [0.3, 0.4) is 0 Å². The van der Waals surface area contributed by atoms with Crippen molar-refractivity contribution < 1.29 is 13.5 Å². The van der Waals surface area contributed by atoms with Gasteiger partial charge in [0.2, 0.25) is 10.0 Å². The fourth-order valence-corrected chi connectivity index (χ4v) is 2.64. The molecule has 1 aromatic heterocycles. The number of hydrogen-bond acceptors (Lipinski definition) is 5. The third kappa shape index (κ3) is 4.41. The highest BCUT2D eigenvalue weighted by Gasteiger charge is 2.21. The van der Waals surface area contributed by atoms with Gasteiger partial charge in [-0.3, -0.25) is 4.98 Å². The van der Waals surface area contributed by atoms with Crippen molar-refractivity contribution in [1.82, 2.24) is 9.29 Å². The summed E-state index contributed by atoms with van der Waals surface area (Å²) >= 11 is 0. The zero-order valence-corrected chi connectivity index (χ0v) is 10.7. The fraction of sp³-hybridized carbons (Fsp3) is 0.455. The Kier molecular flexibility index (Phi) is 5.71. The van der Waals surface area contributed by atoms with Crippen LogP contribution in [0.4, 0.5) is 0 Å². The Morgan fingerprint density at radius 3 is 2.83 bits per heavy atom. The van der Waals surface area contributed by atoms with Crippen molar-refractivity contribution in [3.63, 3.8) is 0 Å². The molecule has 1 rings (SSSR count). The van der Waals surface area contributed by atoms with Crippen LogP contribution in [0.1, 0.15) is 12.0 Å². The van der Waals surface area contributed by atoms with E-state index in [2.05, 4.69) is 4.98 Å². The molecule has 6 nitrogen and oxygen atoms in total. The smallest absolute Gasteiger partial charge is 0.216 e. The summed E-state index contributed by atoms with van der Waals surface area (Å²) in [6, 6.07) is 5.40. The van der Waals surface area contributed by atoms with E-state index in [1.54, 1.807) is 24.5 Å². The quantitative estimate of drug-likeness (QED) is 0.758. The van der Waals surface area contributed by atoms with Gasteiger partial charge in [0, 0.05) is 31.9 Å². The summed E-state index contributed by atoms with van der Waals surface area (Å²) < 4.78 is 25.0. The van der Waals surface area contributed by atoms with Crippen LogP contribution in [-0.2, 0) is 16.6 Å². The van der Waals surface area contributed by atoms with E-state index >= 15 is 0 Å². The predicted octanol–water partition coefficient (Wildman–Crippen LogP) is 0.119. The SMILES string of the molecule is N#CCCN(Cc1cccnc1)S(=O)(=O)CCO. The number of pyridine rings is 1. The normalized spacial score (nSPS) is 11.4. The van der Waals surface area contributed by atoms with Gasteiger partial charge < -0.3 is 5.11 Å². The first-order chi connectivity index (χ1) is 8.60. The lowest BCUT2D eigenvalue weighted by atomic mass is 10.3. The second kappa shape index (κ2) is 7.06. The first kappa shape index (κ1) is 14.6. The van der Waals surface area contributed by atoms with Gasteiger partial charge in [0.25, 0.3) is 0 Å². The maximum atomic E-state index is 11.9. The Bertz CT molecular complexity index is 496. The molecule has 0 saturated heterocycles. The summed E-state index contributed by atoms with van der Waals surface area (Å²) in [4.78, 5) is 3.91. The second-order valence-corrected chi connectivity index (χ2v) is 5.73. The molecule has 7 heteroatoms. The highest BCUT2D eigenvalue weighted by Crippen LogP contribution is 2.09. The second-order valence-electron chi connectivity index (χ2n) is 3.64. The molecule has 98 valence electrons. The molecule has 0 aliphatic heterocycles. The summed E-state index contributed by atoms with van der Waals surface area (Å²) in [5.41, 5.74) is 0.747. The van der Waals surface area contributed by atoms with Gasteiger partial charge in [0.1, 0.15) is 0 Å². The van der Waals surface area contributed by atoms with Crippen LogP contribution in [0.25, 0.3) is 0 Å². The van der Waals surface area contributed by atoms with E-state index in [4.69, 9.17) is 10.4 Å². The van der Waals surface area contributed by atoms with Crippen molar-refractivity contribution >= 4 is 10.0 Å². The van der Waals surface area contributed by atoms with Gasteiger partial charge in [-0.1, -0.05) is 6.07 Å². The largest absolute Gasteiger partial charge is 0.395 e. The number of nitrogens with zero attached hydrogens (tertiary/aromatic N) is 3. The van der Waals surface area contributed by atoms with Crippen LogP contribution in [0, 0.1) is 11.3 Å². The van der Waals surface area contributed by atoms with Crippen molar-refractivity contribution in [2.75, 3.05) is 18.9 Å². The number of nitriles is 1. The summed E-state index contributed by atoms with van der Waals surface area (Å²) in [5.74, 6) is -0.335. The first-order valence-electron chi connectivity index (χ1n) is 5.44. The third-order valence-electron chi connectivity index (χ3n) is 2.30. The van der Waals surface area contributed by atoms with Crippen LogP contribution >= 0.6 is 0 Å². The Balaban J connectivity index is 2.83. The highest BCUT2D eigenvalue weighted by atomic mass is 32.2. The summed E-state index contributed by atoms with van der Waals surface area (Å²) in [6.07, 6.45) is 3.30. The Labute approximate surface area is 107 Å². The summed E-state index contributed by atoms with van der Waals surface area (Å²) in [5, 5.41) is 17.3. The minimum atomic E-state index is -3.54. The number of sulfonamides is 1. The van der Waals surface area contributed by atoms with Crippen molar-refractivity contribution in [2.24, 2.45) is 0 Å². The molecule has 0 bridgehead atoms. The topological polar surface area (TPSA) is 94.3 Å². The number of rotatable bonds is 7. The molecule has 0 aliphatic rings. The molecule has 0 spiro atoms. The Hall–Kier alpha value is -1.49. The molecule has 0 aliphatic carbocycles. The lowest BCUT2D eigenvalue weighted by Gasteiger charge is -2.20. The number of aliphatic hydroxyl groups is 1. The predicted molar refractivity (Wildman–Crippen MR) is 65.7 cm³/mol. The van der Waals surface area contributed by atoms with Gasteiger partial charge in [-0.2, -0.15) is 9.57 Å². The highest BCUT2D eigenvalue weighted by molar-refractivity contribution is 7.89. The molecule has 1 heterocycles. The van der Waals surface area contributed by atoms with Gasteiger partial charge >= 0.3 is 0 Å². The lowest BCUT2D eigenvalue weighted by molar-refractivity contribution is 0.313. The molecule has 0 radical (unpaired) electrons. The number of aliphatic hydroxyl groups excluding tert-OH is 1. The van der Waals surface area contributed by atoms with Gasteiger partial charge in [-0.05, 0) is 11.6 Å². The van der Waals surface area contributed by atoms with Crippen LogP contribution in [-0.4, -0.2) is 41.7 Å². The maximum absolute atomic E-state index is 11.9. The molecule has 0 aromatic carbocycles. The standard InChI is InChI=1S/C11H15N3O3S/c12-4-2-6-14(18(16,17)8-7-15)10-11-3-1-5-13-9-11/h1,3,5,9,15H,2,6-8,10H2. The maximum Gasteiger partial charge on any atom is 0.216 e. The summed E-state index contributed by atoms with van der Waals surface area (Å²) in [7, 11) is -3.54. The number of hydrogen-bond donors (Lipinski definition) is 1. The van der Waals surface area contributed by atoms with Crippen molar-refractivity contribution in [1.29, 1.82) is 5.26 Å². The Morgan fingerprint density at radius 2 is 2.28 bits per heavy atom. The van der Waals surface area contributed by atoms with Crippen molar-refractivity contribution in [3.05, 3.63) is 30.1 Å². The molecule has 1 N–H and O–H groups in total. The van der Waals surface area contributed by atoms with E-state index in [1.807, 2.05) is 6.07 Å². The minimum absolute atomic E-state index is 0.116. The van der Waals surface area contributed by atoms with Gasteiger partial charge in [0.05, 0.1) is 18.4 Å². The average Bonchev–Trinajstić information content (AvgIpc) is 2.35. The number of aromatic nitrogens is 1. The fourth-order valence-electron chi connectivity index (χ4n) is 1.43. The molecule has 0 fully saturated rings. The summed E-state index contributed by atoms with van der Waals surface area (Å²) in [6.45, 7) is -0.149. The van der Waals surface area contributed by atoms with Crippen molar-refractivity contribution in [2.45, 2.75) is 13.0 Å². The molecule has 0 atom stereocenters. The molecular weight excluding hydrogens is 254 g/mol. The monoisotopic (exact) mass is 269 g/mol. The molecule has 0 unspecified atom stereocenters. The van der Waals surface area contributed by atoms with Crippen LogP contribution < -0.4 is 0 Å². The first-order valence-corrected chi connectivity index (χ1v) is 7.05. The minimum Gasteiger partial charge on any atom is -0.395 e. The molecule has 1 aromatic rings. The van der Waals surface area contributed by atoms with E-state index in [0.717, 1.165) is 5.56 Å². The van der Waals surface area contributed by atoms with E-state index < -0.39 is 16.6 Å². The zero-order valence-electron chi connectivity index (χ0n) is 9.86. The van der Waals surface area contributed by atoms with E-state index in [-0.39, 0.29) is 25.3 Å². The molecule has 0 saturated carbocycles. The lowest BCUT2D eigenvalue weighted by Crippen LogP contribution is -2.34. The van der Waals surface area contributed by atoms with Gasteiger partial charge in [-0.25, -0.2) is 8.42 Å². The Morgan fingerprint density at radius 1 is 1.50 bits per heavy atom. The van der Waals surface area contributed by atoms with E-state index in [0.29, 0.717) is 0 Å². The molecule has 18 heavy (non-hydrogen) atoms. The molecular formula is C11H15N3O3S. The van der Waals surface area contributed by atoms with Crippen LogP contribution in [0.2, 0.25) is 0 Å². The van der Waals surface area contributed by atoms with Gasteiger partial charge in [0.15, 0.2) is 0 Å². The average molecular weight is 269 g/mol. The zero-order chi connectivity index (χ0) is 13.4. The third-order valence-corrected chi connectivity index (χ3v) is 4.09. The van der Waals surface area contributed by atoms with Crippen LogP contribution in [0.5, 0.6) is 0 Å². The van der Waals surface area contributed by atoms with E-state index in [1.165, 1.54) is 4.31 Å². The van der Waals surface area contributed by atoms with E-state index in [9.17, 15) is 8.42 Å². The van der Waals surface area contributed by atoms with Crippen LogP contribution in [0.15, 0.2) is 24.5 Å². The van der Waals surface area contributed by atoms with Gasteiger partial charge in [-0.15, -0.1) is 0 Å². The van der Waals surface area contributed by atoms with Crippen molar-refractivity contribution in [3.8, 4) is 6.07 Å². The molecule has 0 amide bonds.